The molecule has 1 rings (SSSR count). The summed E-state index contributed by atoms with van der Waals surface area (Å²) in [5.74, 6) is 1.71. The Hall–Kier alpha value is -1.18. The van der Waals surface area contributed by atoms with E-state index in [0.29, 0.717) is 18.6 Å². The van der Waals surface area contributed by atoms with Gasteiger partial charge in [0, 0.05) is 0 Å². The number of ether oxygens (including phenoxy) is 2. The molecule has 102 valence electrons. The molecule has 0 N–H and O–H groups in total. The Morgan fingerprint density at radius 1 is 0.944 bits per heavy atom. The highest BCUT2D eigenvalue weighted by Gasteiger charge is 2.17. The third-order valence-corrected chi connectivity index (χ3v) is 3.25. The molecular weight excluding hydrogens is 224 g/mol. The van der Waals surface area contributed by atoms with Crippen molar-refractivity contribution in [2.75, 3.05) is 13.2 Å². The molecule has 0 aliphatic rings. The van der Waals surface area contributed by atoms with E-state index in [-0.39, 0.29) is 0 Å². The maximum absolute atomic E-state index is 5.65. The lowest BCUT2D eigenvalue weighted by Crippen LogP contribution is -2.13. The Kier molecular flexibility index (Phi) is 5.52. The van der Waals surface area contributed by atoms with Crippen LogP contribution in [-0.2, 0) is 6.42 Å². The Balaban J connectivity index is 2.92. The van der Waals surface area contributed by atoms with Crippen molar-refractivity contribution >= 4 is 0 Å². The molecule has 0 atom stereocenters. The van der Waals surface area contributed by atoms with Gasteiger partial charge in [0.2, 0.25) is 0 Å². The highest BCUT2D eigenvalue weighted by atomic mass is 16.5. The molecule has 0 unspecified atom stereocenters. The van der Waals surface area contributed by atoms with Gasteiger partial charge in [-0.05, 0) is 43.4 Å². The normalized spacial score (nSPS) is 11.4. The highest BCUT2D eigenvalue weighted by Crippen LogP contribution is 2.32. The molecule has 2 heteroatoms. The first-order chi connectivity index (χ1) is 8.52. The fraction of sp³-hybridized carbons (Fsp3) is 0.625. The van der Waals surface area contributed by atoms with E-state index in [1.54, 1.807) is 0 Å². The molecule has 2 nitrogen and oxygen atoms in total. The van der Waals surface area contributed by atoms with Crippen molar-refractivity contribution < 1.29 is 9.47 Å². The third kappa shape index (κ3) is 4.25. The van der Waals surface area contributed by atoms with E-state index >= 15 is 0 Å². The summed E-state index contributed by atoms with van der Waals surface area (Å²) in [6, 6.07) is 6.28. The number of hydrogen-bond acceptors (Lipinski definition) is 2. The van der Waals surface area contributed by atoms with Crippen LogP contribution < -0.4 is 9.47 Å². The summed E-state index contributed by atoms with van der Waals surface area (Å²) in [4.78, 5) is 0. The SMILES string of the molecule is CCOc1ccc(CC(C)(C)CC)cc1OCC. The van der Waals surface area contributed by atoms with Crippen LogP contribution in [0.4, 0.5) is 0 Å². The lowest BCUT2D eigenvalue weighted by Gasteiger charge is -2.23. The molecule has 0 fully saturated rings. The third-order valence-electron chi connectivity index (χ3n) is 3.25. The second kappa shape index (κ2) is 6.67. The van der Waals surface area contributed by atoms with Gasteiger partial charge >= 0.3 is 0 Å². The molecule has 0 aliphatic heterocycles. The first-order valence-electron chi connectivity index (χ1n) is 6.91. The fourth-order valence-corrected chi connectivity index (χ4v) is 1.88. The van der Waals surface area contributed by atoms with E-state index in [1.807, 2.05) is 19.9 Å². The van der Waals surface area contributed by atoms with Gasteiger partial charge in [0.25, 0.3) is 0 Å². The van der Waals surface area contributed by atoms with Crippen molar-refractivity contribution in [1.82, 2.24) is 0 Å². The number of benzene rings is 1. The van der Waals surface area contributed by atoms with Crippen molar-refractivity contribution in [3.63, 3.8) is 0 Å². The zero-order valence-corrected chi connectivity index (χ0v) is 12.4. The summed E-state index contributed by atoms with van der Waals surface area (Å²) in [6.07, 6.45) is 2.24. The molecule has 18 heavy (non-hydrogen) atoms. The molecule has 0 bridgehead atoms. The van der Waals surface area contributed by atoms with Gasteiger partial charge in [0.05, 0.1) is 13.2 Å². The Bertz CT molecular complexity index is 369. The van der Waals surface area contributed by atoms with E-state index < -0.39 is 0 Å². The van der Waals surface area contributed by atoms with E-state index in [9.17, 15) is 0 Å². The maximum Gasteiger partial charge on any atom is 0.161 e. The predicted octanol–water partition coefficient (Wildman–Crippen LogP) is 4.46. The molecule has 0 heterocycles. The molecule has 0 aromatic heterocycles. The summed E-state index contributed by atoms with van der Waals surface area (Å²) < 4.78 is 11.2. The summed E-state index contributed by atoms with van der Waals surface area (Å²) in [6.45, 7) is 12.1. The van der Waals surface area contributed by atoms with Gasteiger partial charge in [-0.1, -0.05) is 33.3 Å². The first kappa shape index (κ1) is 14.9. The quantitative estimate of drug-likeness (QED) is 0.711. The second-order valence-electron chi connectivity index (χ2n) is 5.34. The van der Waals surface area contributed by atoms with Crippen LogP contribution in [-0.4, -0.2) is 13.2 Å². The smallest absolute Gasteiger partial charge is 0.161 e. The minimum Gasteiger partial charge on any atom is -0.490 e. The minimum absolute atomic E-state index is 0.330. The predicted molar refractivity (Wildman–Crippen MR) is 76.6 cm³/mol. The summed E-state index contributed by atoms with van der Waals surface area (Å²) in [7, 11) is 0. The molecular formula is C16H26O2. The van der Waals surface area contributed by atoms with Gasteiger partial charge in [-0.15, -0.1) is 0 Å². The maximum atomic E-state index is 5.65. The first-order valence-corrected chi connectivity index (χ1v) is 6.91. The topological polar surface area (TPSA) is 18.5 Å². The second-order valence-corrected chi connectivity index (χ2v) is 5.34. The highest BCUT2D eigenvalue weighted by molar-refractivity contribution is 5.43. The zero-order chi connectivity index (χ0) is 13.6. The lowest BCUT2D eigenvalue weighted by atomic mass is 9.83. The van der Waals surface area contributed by atoms with Crippen LogP contribution in [0, 0.1) is 5.41 Å². The molecule has 0 spiro atoms. The molecule has 0 amide bonds. The molecule has 0 saturated heterocycles. The minimum atomic E-state index is 0.330. The van der Waals surface area contributed by atoms with Crippen molar-refractivity contribution in [3.05, 3.63) is 23.8 Å². The molecule has 0 saturated carbocycles. The number of rotatable bonds is 7. The Labute approximate surface area is 111 Å². The van der Waals surface area contributed by atoms with Crippen molar-refractivity contribution in [3.8, 4) is 11.5 Å². The largest absolute Gasteiger partial charge is 0.490 e. The summed E-state index contributed by atoms with van der Waals surface area (Å²) in [5.41, 5.74) is 1.64. The van der Waals surface area contributed by atoms with Crippen molar-refractivity contribution in [2.45, 2.75) is 47.5 Å². The van der Waals surface area contributed by atoms with Gasteiger partial charge in [0.15, 0.2) is 11.5 Å². The van der Waals surface area contributed by atoms with Crippen molar-refractivity contribution in [1.29, 1.82) is 0 Å². The standard InChI is InChI=1S/C16H26O2/c1-6-16(4,5)12-13-9-10-14(17-7-2)15(11-13)18-8-3/h9-11H,6-8,12H2,1-5H3. The fourth-order valence-electron chi connectivity index (χ4n) is 1.88. The van der Waals surface area contributed by atoms with E-state index in [2.05, 4.69) is 32.9 Å². The van der Waals surface area contributed by atoms with Crippen LogP contribution in [0.25, 0.3) is 0 Å². The van der Waals surface area contributed by atoms with Gasteiger partial charge in [-0.25, -0.2) is 0 Å². The van der Waals surface area contributed by atoms with Crippen LogP contribution in [0.15, 0.2) is 18.2 Å². The zero-order valence-electron chi connectivity index (χ0n) is 12.4. The average molecular weight is 250 g/mol. The summed E-state index contributed by atoms with van der Waals surface area (Å²) in [5, 5.41) is 0. The van der Waals surface area contributed by atoms with Crippen LogP contribution in [0.1, 0.15) is 46.6 Å². The van der Waals surface area contributed by atoms with Gasteiger partial charge in [-0.3, -0.25) is 0 Å². The Morgan fingerprint density at radius 3 is 2.11 bits per heavy atom. The van der Waals surface area contributed by atoms with E-state index in [0.717, 1.165) is 17.9 Å². The summed E-state index contributed by atoms with van der Waals surface area (Å²) >= 11 is 0. The monoisotopic (exact) mass is 250 g/mol. The van der Waals surface area contributed by atoms with Crippen LogP contribution in [0.2, 0.25) is 0 Å². The Morgan fingerprint density at radius 2 is 1.56 bits per heavy atom. The number of hydrogen-bond donors (Lipinski definition) is 0. The van der Waals surface area contributed by atoms with Gasteiger partial charge < -0.3 is 9.47 Å². The molecule has 0 radical (unpaired) electrons. The molecule has 1 aromatic carbocycles. The van der Waals surface area contributed by atoms with E-state index in [1.165, 1.54) is 12.0 Å². The van der Waals surface area contributed by atoms with Crippen LogP contribution in [0.3, 0.4) is 0 Å². The van der Waals surface area contributed by atoms with Crippen molar-refractivity contribution in [2.24, 2.45) is 5.41 Å². The molecule has 0 aliphatic carbocycles. The lowest BCUT2D eigenvalue weighted by molar-refractivity contribution is 0.286. The molecule has 1 aromatic rings. The average Bonchev–Trinajstić information content (AvgIpc) is 2.33. The van der Waals surface area contributed by atoms with Gasteiger partial charge in [-0.2, -0.15) is 0 Å². The van der Waals surface area contributed by atoms with E-state index in [4.69, 9.17) is 9.47 Å². The van der Waals surface area contributed by atoms with Crippen LogP contribution in [0.5, 0.6) is 11.5 Å². The van der Waals surface area contributed by atoms with Gasteiger partial charge in [0.1, 0.15) is 0 Å². The van der Waals surface area contributed by atoms with Crippen LogP contribution >= 0.6 is 0 Å².